The highest BCUT2D eigenvalue weighted by molar-refractivity contribution is 5.96. The van der Waals surface area contributed by atoms with Crippen LogP contribution in [0.2, 0.25) is 0 Å². The van der Waals surface area contributed by atoms with Crippen molar-refractivity contribution in [2.75, 3.05) is 32.8 Å². The van der Waals surface area contributed by atoms with Gasteiger partial charge in [-0.3, -0.25) is 15.0 Å². The lowest BCUT2D eigenvalue weighted by atomic mass is 10.2. The first kappa shape index (κ1) is 19.7. The molecule has 0 aliphatic carbocycles. The molecule has 1 atom stereocenters. The summed E-state index contributed by atoms with van der Waals surface area (Å²) < 4.78 is 4.98. The first-order valence-corrected chi connectivity index (χ1v) is 8.79. The SMILES string of the molecule is CCOC(=O)N1CCN(C(C)C(=O)NC(=O)NCc2ccccc2)CC1. The zero-order valence-corrected chi connectivity index (χ0v) is 15.2. The Balaban J connectivity index is 1.73. The molecule has 1 aliphatic rings. The minimum Gasteiger partial charge on any atom is -0.450 e. The van der Waals surface area contributed by atoms with Crippen molar-refractivity contribution >= 4 is 18.0 Å². The van der Waals surface area contributed by atoms with Gasteiger partial charge in [-0.2, -0.15) is 0 Å². The predicted octanol–water partition coefficient (Wildman–Crippen LogP) is 1.18. The van der Waals surface area contributed by atoms with E-state index in [1.165, 1.54) is 0 Å². The van der Waals surface area contributed by atoms with E-state index in [0.717, 1.165) is 5.56 Å². The number of urea groups is 1. The second kappa shape index (κ2) is 9.76. The molecule has 1 heterocycles. The summed E-state index contributed by atoms with van der Waals surface area (Å²) in [7, 11) is 0. The molecular weight excluding hydrogens is 336 g/mol. The second-order valence-corrected chi connectivity index (χ2v) is 6.06. The van der Waals surface area contributed by atoms with Crippen molar-refractivity contribution < 1.29 is 19.1 Å². The zero-order chi connectivity index (χ0) is 18.9. The normalized spacial score (nSPS) is 15.8. The maximum Gasteiger partial charge on any atom is 0.409 e. The highest BCUT2D eigenvalue weighted by Gasteiger charge is 2.28. The topological polar surface area (TPSA) is 91.0 Å². The van der Waals surface area contributed by atoms with Crippen molar-refractivity contribution in [1.29, 1.82) is 0 Å². The molecule has 1 saturated heterocycles. The third-order valence-corrected chi connectivity index (χ3v) is 4.30. The first-order chi connectivity index (χ1) is 12.5. The van der Waals surface area contributed by atoms with Crippen LogP contribution in [-0.2, 0) is 16.1 Å². The third-order valence-electron chi connectivity index (χ3n) is 4.30. The minimum absolute atomic E-state index is 0.329. The predicted molar refractivity (Wildman–Crippen MR) is 96.5 cm³/mol. The molecule has 142 valence electrons. The van der Waals surface area contributed by atoms with Crippen LogP contribution in [0.1, 0.15) is 19.4 Å². The average Bonchev–Trinajstić information content (AvgIpc) is 2.67. The monoisotopic (exact) mass is 362 g/mol. The molecule has 0 saturated carbocycles. The first-order valence-electron chi connectivity index (χ1n) is 8.79. The number of ether oxygens (including phenoxy) is 1. The van der Waals surface area contributed by atoms with Crippen LogP contribution in [0.5, 0.6) is 0 Å². The van der Waals surface area contributed by atoms with Crippen LogP contribution in [-0.4, -0.2) is 66.7 Å². The minimum atomic E-state index is -0.518. The van der Waals surface area contributed by atoms with Gasteiger partial charge in [0.1, 0.15) is 0 Å². The number of imide groups is 1. The molecule has 0 spiro atoms. The molecule has 8 nitrogen and oxygen atoms in total. The summed E-state index contributed by atoms with van der Waals surface area (Å²) in [5, 5.41) is 5.03. The Bertz CT molecular complexity index is 615. The molecule has 4 amide bonds. The van der Waals surface area contributed by atoms with Gasteiger partial charge in [0.2, 0.25) is 5.91 Å². The van der Waals surface area contributed by atoms with Crippen LogP contribution < -0.4 is 10.6 Å². The smallest absolute Gasteiger partial charge is 0.409 e. The summed E-state index contributed by atoms with van der Waals surface area (Å²) >= 11 is 0. The fraction of sp³-hybridized carbons (Fsp3) is 0.500. The van der Waals surface area contributed by atoms with E-state index in [4.69, 9.17) is 4.74 Å². The van der Waals surface area contributed by atoms with Gasteiger partial charge < -0.3 is 15.0 Å². The zero-order valence-electron chi connectivity index (χ0n) is 15.2. The van der Waals surface area contributed by atoms with Gasteiger partial charge in [0.05, 0.1) is 12.6 Å². The van der Waals surface area contributed by atoms with Crippen LogP contribution in [0.25, 0.3) is 0 Å². The number of piperazine rings is 1. The maximum atomic E-state index is 12.3. The van der Waals surface area contributed by atoms with E-state index in [9.17, 15) is 14.4 Å². The maximum absolute atomic E-state index is 12.3. The molecule has 1 aromatic carbocycles. The van der Waals surface area contributed by atoms with Gasteiger partial charge in [-0.1, -0.05) is 30.3 Å². The van der Waals surface area contributed by atoms with Crippen molar-refractivity contribution in [2.24, 2.45) is 0 Å². The van der Waals surface area contributed by atoms with E-state index < -0.39 is 12.1 Å². The van der Waals surface area contributed by atoms with Crippen LogP contribution in [0.4, 0.5) is 9.59 Å². The number of hydrogen-bond donors (Lipinski definition) is 2. The van der Waals surface area contributed by atoms with Gasteiger partial charge in [0.25, 0.3) is 0 Å². The summed E-state index contributed by atoms with van der Waals surface area (Å²) in [5.41, 5.74) is 0.957. The van der Waals surface area contributed by atoms with Gasteiger partial charge in [-0.05, 0) is 19.4 Å². The highest BCUT2D eigenvalue weighted by Crippen LogP contribution is 2.08. The van der Waals surface area contributed by atoms with Gasteiger partial charge in [-0.25, -0.2) is 9.59 Å². The Kier molecular flexibility index (Phi) is 7.40. The Hall–Kier alpha value is -2.61. The van der Waals surface area contributed by atoms with Crippen molar-refractivity contribution in [2.45, 2.75) is 26.4 Å². The number of amides is 4. The largest absolute Gasteiger partial charge is 0.450 e. The number of carbonyl (C=O) groups excluding carboxylic acids is 3. The summed E-state index contributed by atoms with van der Waals surface area (Å²) in [6.07, 6.45) is -0.329. The van der Waals surface area contributed by atoms with E-state index in [1.54, 1.807) is 18.7 Å². The standard InChI is InChI=1S/C18H26N4O4/c1-3-26-18(25)22-11-9-21(10-12-22)14(2)16(23)20-17(24)19-13-15-7-5-4-6-8-15/h4-8,14H,3,9-13H2,1-2H3,(H2,19,20,23,24). The summed E-state index contributed by atoms with van der Waals surface area (Å²) in [6, 6.07) is 8.49. The van der Waals surface area contributed by atoms with Crippen LogP contribution >= 0.6 is 0 Å². The van der Waals surface area contributed by atoms with Crippen LogP contribution in [0, 0.1) is 0 Å². The van der Waals surface area contributed by atoms with Crippen molar-refractivity contribution in [3.05, 3.63) is 35.9 Å². The summed E-state index contributed by atoms with van der Waals surface area (Å²) in [6.45, 7) is 6.32. The number of carbonyl (C=O) groups is 3. The third kappa shape index (κ3) is 5.73. The number of hydrogen-bond acceptors (Lipinski definition) is 5. The van der Waals surface area contributed by atoms with Gasteiger partial charge in [0, 0.05) is 32.7 Å². The number of benzene rings is 1. The molecule has 1 aliphatic heterocycles. The lowest BCUT2D eigenvalue weighted by molar-refractivity contribution is -0.125. The van der Waals surface area contributed by atoms with E-state index in [2.05, 4.69) is 10.6 Å². The van der Waals surface area contributed by atoms with Crippen LogP contribution in [0.3, 0.4) is 0 Å². The lowest BCUT2D eigenvalue weighted by Gasteiger charge is -2.36. The molecular formula is C18H26N4O4. The average molecular weight is 362 g/mol. The Labute approximate surface area is 153 Å². The molecule has 1 aromatic rings. The highest BCUT2D eigenvalue weighted by atomic mass is 16.6. The molecule has 2 rings (SSSR count). The fourth-order valence-electron chi connectivity index (χ4n) is 2.71. The quantitative estimate of drug-likeness (QED) is 0.821. The molecule has 2 N–H and O–H groups in total. The lowest BCUT2D eigenvalue weighted by Crippen LogP contribution is -2.56. The second-order valence-electron chi connectivity index (χ2n) is 6.06. The van der Waals surface area contributed by atoms with E-state index >= 15 is 0 Å². The molecule has 0 bridgehead atoms. The van der Waals surface area contributed by atoms with Gasteiger partial charge in [0.15, 0.2) is 0 Å². The van der Waals surface area contributed by atoms with Gasteiger partial charge >= 0.3 is 12.1 Å². The Morgan fingerprint density at radius 1 is 1.12 bits per heavy atom. The van der Waals surface area contributed by atoms with Crippen molar-refractivity contribution in [3.63, 3.8) is 0 Å². The summed E-state index contributed by atoms with van der Waals surface area (Å²) in [5.74, 6) is -0.361. The number of nitrogens with zero attached hydrogens (tertiary/aromatic N) is 2. The number of rotatable bonds is 5. The van der Waals surface area contributed by atoms with E-state index in [1.807, 2.05) is 35.2 Å². The molecule has 1 unspecified atom stereocenters. The van der Waals surface area contributed by atoms with E-state index in [0.29, 0.717) is 39.3 Å². The summed E-state index contributed by atoms with van der Waals surface area (Å²) in [4.78, 5) is 39.4. The molecule has 26 heavy (non-hydrogen) atoms. The number of nitrogens with one attached hydrogen (secondary N) is 2. The van der Waals surface area contributed by atoms with Crippen molar-refractivity contribution in [1.82, 2.24) is 20.4 Å². The van der Waals surface area contributed by atoms with E-state index in [-0.39, 0.29) is 12.0 Å². The van der Waals surface area contributed by atoms with Gasteiger partial charge in [-0.15, -0.1) is 0 Å². The van der Waals surface area contributed by atoms with Crippen molar-refractivity contribution in [3.8, 4) is 0 Å². The molecule has 0 aromatic heterocycles. The van der Waals surface area contributed by atoms with Crippen LogP contribution in [0.15, 0.2) is 30.3 Å². The molecule has 1 fully saturated rings. The fourth-order valence-corrected chi connectivity index (χ4v) is 2.71. The molecule has 8 heteroatoms. The Morgan fingerprint density at radius 2 is 1.77 bits per heavy atom. The Morgan fingerprint density at radius 3 is 2.38 bits per heavy atom. The molecule has 0 radical (unpaired) electrons.